The van der Waals surface area contributed by atoms with Crippen molar-refractivity contribution in [3.05, 3.63) is 0 Å². The van der Waals surface area contributed by atoms with Crippen LogP contribution < -0.4 is 6.15 Å². The van der Waals surface area contributed by atoms with Crippen LogP contribution in [0.3, 0.4) is 0 Å². The highest BCUT2D eigenvalue weighted by molar-refractivity contribution is 5.94. The van der Waals surface area contributed by atoms with Gasteiger partial charge in [-0.1, -0.05) is 0 Å². The lowest BCUT2D eigenvalue weighted by Gasteiger charge is -0.944. The number of hydrogen-bond donors (Lipinski definition) is 1. The molecule has 24 valence electrons. The van der Waals surface area contributed by atoms with Crippen molar-refractivity contribution in [2.75, 3.05) is 0 Å². The molecule has 0 radical (unpaired) electrons. The van der Waals surface area contributed by atoms with E-state index in [0.717, 1.165) is 0 Å². The molecule has 4 heteroatoms. The van der Waals surface area contributed by atoms with Crippen LogP contribution in [0.1, 0.15) is 0 Å². The lowest BCUT2D eigenvalue weighted by Crippen LogP contribution is -1.26. The molecule has 0 aliphatic heterocycles. The van der Waals surface area contributed by atoms with E-state index in [0.29, 0.717) is 0 Å². The summed E-state index contributed by atoms with van der Waals surface area (Å²) < 4.78 is 16.8. The second-order valence-electron chi connectivity index (χ2n) is 0.0833. The fourth-order valence-electron chi connectivity index (χ4n) is 0. The molecule has 3 N–H and O–H groups in total. The van der Waals surface area contributed by atoms with Crippen molar-refractivity contribution in [2.24, 2.45) is 0 Å². The molecule has 0 unspecified atom stereocenters. The fourth-order valence-corrected chi connectivity index (χ4v) is 0. The molecule has 0 spiro atoms. The molecule has 0 aliphatic rings. The first-order chi connectivity index (χ1) is 1.41. The Morgan fingerprint density at radius 3 is 1.25 bits per heavy atom. The van der Waals surface area contributed by atoms with Crippen LogP contribution in [0.4, 0.5) is 0 Å². The van der Waals surface area contributed by atoms with E-state index in [1.165, 1.54) is 0 Å². The van der Waals surface area contributed by atoms with Crippen molar-refractivity contribution in [3.63, 3.8) is 0 Å². The summed E-state index contributed by atoms with van der Waals surface area (Å²) in [5, 5.41) is 0. The molecule has 3 nitrogen and oxygen atoms in total. The normalized spacial score (nSPS) is 2.00. The average molecular weight is 77.1 g/mol. The highest BCUT2D eigenvalue weighted by Gasteiger charge is 1.22. The molecule has 4 heavy (non-hydrogen) atoms. The third-order valence-electron chi connectivity index (χ3n) is 0. The Balaban J connectivity index is 0. The van der Waals surface area contributed by atoms with Gasteiger partial charge in [-0.3, -0.25) is 8.92 Å². The standard InChI is InChI=1S/H3N.O2Si/c;1-3-2/h1H3;. The van der Waals surface area contributed by atoms with Crippen LogP contribution in [0.15, 0.2) is 0 Å². The smallest absolute Gasteiger partial charge is 0.344 e. The van der Waals surface area contributed by atoms with Crippen molar-refractivity contribution >= 4 is 9.29 Å². The summed E-state index contributed by atoms with van der Waals surface area (Å²) in [5.74, 6) is 0. The number of rotatable bonds is 0. The molecule has 0 bridgehead atoms. The van der Waals surface area contributed by atoms with Crippen LogP contribution in [-0.4, -0.2) is 9.29 Å². The van der Waals surface area contributed by atoms with Gasteiger partial charge in [0.25, 0.3) is 0 Å². The average Bonchev–Trinajstić information content (AvgIpc) is 0.918. The molecule has 0 heterocycles. The molecular weight excluding hydrogens is 74.1 g/mol. The maximum atomic E-state index is 8.40. The van der Waals surface area contributed by atoms with E-state index < -0.39 is 9.29 Å². The molecule has 0 aromatic heterocycles. The van der Waals surface area contributed by atoms with Crippen molar-refractivity contribution in [3.8, 4) is 0 Å². The van der Waals surface area contributed by atoms with E-state index in [1.807, 2.05) is 0 Å². The molecule has 0 rings (SSSR count). The van der Waals surface area contributed by atoms with Crippen LogP contribution in [0.25, 0.3) is 0 Å². The third-order valence-corrected chi connectivity index (χ3v) is 0. The van der Waals surface area contributed by atoms with Gasteiger partial charge in [-0.05, 0) is 0 Å². The van der Waals surface area contributed by atoms with Crippen molar-refractivity contribution < 1.29 is 8.92 Å². The molecule has 0 aromatic rings. The van der Waals surface area contributed by atoms with Crippen LogP contribution in [-0.2, 0) is 8.92 Å². The second-order valence-corrected chi connectivity index (χ2v) is 0.250. The van der Waals surface area contributed by atoms with Gasteiger partial charge in [-0.2, -0.15) is 0 Å². The van der Waals surface area contributed by atoms with Crippen LogP contribution >= 0.6 is 0 Å². The van der Waals surface area contributed by atoms with Crippen molar-refractivity contribution in [1.29, 1.82) is 0 Å². The SMILES string of the molecule is N.O=[Si]=O. The molecule has 0 fully saturated rings. The predicted octanol–water partition coefficient (Wildman–Crippen LogP) is -0.456. The Hall–Kier alpha value is -0.223. The zero-order valence-electron chi connectivity index (χ0n) is 2.02. The van der Waals surface area contributed by atoms with Crippen LogP contribution in [0, 0.1) is 0 Å². The van der Waals surface area contributed by atoms with Crippen LogP contribution in [0.5, 0.6) is 0 Å². The predicted molar refractivity (Wildman–Crippen MR) is 12.1 cm³/mol. The van der Waals surface area contributed by atoms with Gasteiger partial charge < -0.3 is 6.15 Å². The van der Waals surface area contributed by atoms with Gasteiger partial charge in [0.2, 0.25) is 0 Å². The van der Waals surface area contributed by atoms with E-state index in [-0.39, 0.29) is 6.15 Å². The summed E-state index contributed by atoms with van der Waals surface area (Å²) in [4.78, 5) is 0. The van der Waals surface area contributed by atoms with Gasteiger partial charge in [-0.15, -0.1) is 0 Å². The first-order valence-corrected chi connectivity index (χ1v) is 1.22. The van der Waals surface area contributed by atoms with Crippen molar-refractivity contribution in [2.45, 2.75) is 0 Å². The highest BCUT2D eigenvalue weighted by Crippen LogP contribution is 0.759. The van der Waals surface area contributed by atoms with Gasteiger partial charge in [0.15, 0.2) is 0 Å². The van der Waals surface area contributed by atoms with Gasteiger partial charge >= 0.3 is 9.29 Å². The van der Waals surface area contributed by atoms with Gasteiger partial charge in [0, 0.05) is 0 Å². The second kappa shape index (κ2) is 14.5. The number of hydrogen-bond acceptors (Lipinski definition) is 3. The van der Waals surface area contributed by atoms with Gasteiger partial charge in [0.1, 0.15) is 0 Å². The summed E-state index contributed by atoms with van der Waals surface area (Å²) in [5.41, 5.74) is 0. The molecule has 0 amide bonds. The maximum absolute atomic E-state index is 8.40. The molecular formula is H3NO2Si. The van der Waals surface area contributed by atoms with Crippen molar-refractivity contribution in [1.82, 2.24) is 6.15 Å². The van der Waals surface area contributed by atoms with Gasteiger partial charge in [-0.25, -0.2) is 0 Å². The zero-order valence-corrected chi connectivity index (χ0v) is 3.02. The van der Waals surface area contributed by atoms with Gasteiger partial charge in [0.05, 0.1) is 0 Å². The first kappa shape index (κ1) is 9.22. The zero-order chi connectivity index (χ0) is 2.71. The minimum absolute atomic E-state index is 0. The topological polar surface area (TPSA) is 69.1 Å². The summed E-state index contributed by atoms with van der Waals surface area (Å²) in [6, 6.07) is 0. The van der Waals surface area contributed by atoms with E-state index >= 15 is 0 Å². The molecule has 0 saturated heterocycles. The van der Waals surface area contributed by atoms with E-state index in [4.69, 9.17) is 8.92 Å². The minimum atomic E-state index is -1.42. The Kier molecular flexibility index (Phi) is 33.5. The summed E-state index contributed by atoms with van der Waals surface area (Å²) >= 11 is 0. The molecule has 0 aromatic carbocycles. The largest absolute Gasteiger partial charge is 0.549 e. The Morgan fingerprint density at radius 1 is 1.25 bits per heavy atom. The quantitative estimate of drug-likeness (QED) is 0.398. The third kappa shape index (κ3) is 21.5. The highest BCUT2D eigenvalue weighted by atomic mass is 28.2. The van der Waals surface area contributed by atoms with E-state index in [9.17, 15) is 0 Å². The Labute approximate surface area is 25.5 Å². The summed E-state index contributed by atoms with van der Waals surface area (Å²) in [7, 11) is -1.42. The molecule has 0 atom stereocenters. The fraction of sp³-hybridized carbons (Fsp3) is 0. The Bertz CT molecular complexity index is 27.0. The lowest BCUT2D eigenvalue weighted by atomic mass is 14.0. The monoisotopic (exact) mass is 77.0 g/mol. The minimum Gasteiger partial charge on any atom is -0.344 e. The summed E-state index contributed by atoms with van der Waals surface area (Å²) in [6.07, 6.45) is 0. The van der Waals surface area contributed by atoms with E-state index in [2.05, 4.69) is 0 Å². The molecule has 0 saturated carbocycles. The Morgan fingerprint density at radius 2 is 1.25 bits per heavy atom. The lowest BCUT2D eigenvalue weighted by molar-refractivity contribution is 0.497. The first-order valence-electron chi connectivity index (χ1n) is 0.408. The summed E-state index contributed by atoms with van der Waals surface area (Å²) in [6.45, 7) is 0. The van der Waals surface area contributed by atoms with E-state index in [1.54, 1.807) is 0 Å². The molecule has 0 aliphatic carbocycles. The van der Waals surface area contributed by atoms with Crippen LogP contribution in [0.2, 0.25) is 0 Å². The maximum Gasteiger partial charge on any atom is 0.549 e.